The highest BCUT2D eigenvalue weighted by Gasteiger charge is 2.19. The standard InChI is InChI=1S/C21H36N4O2.HI/c1-4-22-21(24(2)14-17-27-20-8-6-5-7-9-20)23-18-19-10-12-25(13-11-19)15-16-26-3;/h5-9,19H,4,10-18H2,1-3H3,(H,22,23);1H. The van der Waals surface area contributed by atoms with E-state index < -0.39 is 0 Å². The van der Waals surface area contributed by atoms with Crippen LogP contribution in [0.2, 0.25) is 0 Å². The Morgan fingerprint density at radius 3 is 2.57 bits per heavy atom. The van der Waals surface area contributed by atoms with Gasteiger partial charge in [0, 0.05) is 33.8 Å². The smallest absolute Gasteiger partial charge is 0.193 e. The summed E-state index contributed by atoms with van der Waals surface area (Å²) in [4.78, 5) is 9.52. The quantitative estimate of drug-likeness (QED) is 0.302. The number of ether oxygens (including phenoxy) is 2. The van der Waals surface area contributed by atoms with Gasteiger partial charge >= 0.3 is 0 Å². The van der Waals surface area contributed by atoms with Crippen molar-refractivity contribution in [1.29, 1.82) is 0 Å². The largest absolute Gasteiger partial charge is 0.492 e. The molecule has 0 unspecified atom stereocenters. The molecule has 0 aliphatic carbocycles. The number of hydrogen-bond acceptors (Lipinski definition) is 4. The second-order valence-corrected chi connectivity index (χ2v) is 7.06. The molecule has 1 N–H and O–H groups in total. The van der Waals surface area contributed by atoms with Gasteiger partial charge in [-0.3, -0.25) is 4.99 Å². The number of hydrogen-bond donors (Lipinski definition) is 1. The molecule has 1 heterocycles. The highest BCUT2D eigenvalue weighted by atomic mass is 127. The fraction of sp³-hybridized carbons (Fsp3) is 0.667. The first-order valence-electron chi connectivity index (χ1n) is 10.1. The number of guanidine groups is 1. The molecular formula is C21H37IN4O2. The van der Waals surface area contributed by atoms with Crippen molar-refractivity contribution < 1.29 is 9.47 Å². The summed E-state index contributed by atoms with van der Waals surface area (Å²) in [6.07, 6.45) is 2.43. The van der Waals surface area contributed by atoms with Crippen molar-refractivity contribution >= 4 is 29.9 Å². The van der Waals surface area contributed by atoms with Crippen molar-refractivity contribution in [2.45, 2.75) is 19.8 Å². The monoisotopic (exact) mass is 504 g/mol. The summed E-state index contributed by atoms with van der Waals surface area (Å²) < 4.78 is 11.0. The lowest BCUT2D eigenvalue weighted by Crippen LogP contribution is -2.41. The van der Waals surface area contributed by atoms with Crippen LogP contribution in [0, 0.1) is 5.92 Å². The molecule has 1 aromatic carbocycles. The first-order valence-corrected chi connectivity index (χ1v) is 10.1. The molecule has 1 fully saturated rings. The van der Waals surface area contributed by atoms with Gasteiger partial charge in [0.05, 0.1) is 13.2 Å². The van der Waals surface area contributed by atoms with Crippen LogP contribution in [-0.4, -0.2) is 82.4 Å². The van der Waals surface area contributed by atoms with E-state index in [0.29, 0.717) is 12.5 Å². The van der Waals surface area contributed by atoms with E-state index in [4.69, 9.17) is 14.5 Å². The van der Waals surface area contributed by atoms with Crippen LogP contribution in [0.5, 0.6) is 5.75 Å². The Balaban J connectivity index is 0.00000392. The predicted octanol–water partition coefficient (Wildman–Crippen LogP) is 2.94. The van der Waals surface area contributed by atoms with Gasteiger partial charge in [-0.25, -0.2) is 0 Å². The Kier molecular flexibility index (Phi) is 13.3. The van der Waals surface area contributed by atoms with Crippen molar-refractivity contribution in [2.75, 3.05) is 66.6 Å². The van der Waals surface area contributed by atoms with E-state index in [9.17, 15) is 0 Å². The molecule has 7 heteroatoms. The van der Waals surface area contributed by atoms with Crippen molar-refractivity contribution in [2.24, 2.45) is 10.9 Å². The maximum atomic E-state index is 5.80. The van der Waals surface area contributed by atoms with E-state index in [1.807, 2.05) is 30.3 Å². The van der Waals surface area contributed by atoms with Crippen LogP contribution < -0.4 is 10.1 Å². The Morgan fingerprint density at radius 1 is 1.21 bits per heavy atom. The molecule has 1 aromatic rings. The molecule has 160 valence electrons. The van der Waals surface area contributed by atoms with Gasteiger partial charge in [0.2, 0.25) is 0 Å². The van der Waals surface area contributed by atoms with Crippen LogP contribution in [-0.2, 0) is 4.74 Å². The lowest BCUT2D eigenvalue weighted by molar-refractivity contribution is 0.121. The molecule has 1 saturated heterocycles. The molecule has 0 aromatic heterocycles. The molecule has 0 radical (unpaired) electrons. The van der Waals surface area contributed by atoms with E-state index in [0.717, 1.165) is 57.6 Å². The van der Waals surface area contributed by atoms with E-state index >= 15 is 0 Å². The second kappa shape index (κ2) is 14.9. The Bertz CT molecular complexity index is 536. The van der Waals surface area contributed by atoms with Gasteiger partial charge < -0.3 is 24.6 Å². The van der Waals surface area contributed by atoms with E-state index in [1.165, 1.54) is 12.8 Å². The lowest BCUT2D eigenvalue weighted by Gasteiger charge is -2.31. The van der Waals surface area contributed by atoms with Gasteiger partial charge in [-0.05, 0) is 50.9 Å². The summed E-state index contributed by atoms with van der Waals surface area (Å²) in [7, 11) is 3.84. The molecule has 28 heavy (non-hydrogen) atoms. The van der Waals surface area contributed by atoms with Crippen LogP contribution in [0.15, 0.2) is 35.3 Å². The van der Waals surface area contributed by atoms with Gasteiger partial charge in [-0.1, -0.05) is 18.2 Å². The third-order valence-corrected chi connectivity index (χ3v) is 4.95. The second-order valence-electron chi connectivity index (χ2n) is 7.06. The zero-order valence-corrected chi connectivity index (χ0v) is 19.9. The summed E-state index contributed by atoms with van der Waals surface area (Å²) in [5.41, 5.74) is 0. The van der Waals surface area contributed by atoms with Crippen molar-refractivity contribution in [3.05, 3.63) is 30.3 Å². The molecule has 0 atom stereocenters. The van der Waals surface area contributed by atoms with E-state index in [1.54, 1.807) is 7.11 Å². The third-order valence-electron chi connectivity index (χ3n) is 4.95. The molecule has 0 amide bonds. The van der Waals surface area contributed by atoms with Crippen LogP contribution in [0.4, 0.5) is 0 Å². The Labute approximate surface area is 187 Å². The predicted molar refractivity (Wildman–Crippen MR) is 127 cm³/mol. The van der Waals surface area contributed by atoms with Crippen molar-refractivity contribution in [3.8, 4) is 5.75 Å². The maximum absolute atomic E-state index is 5.80. The number of nitrogens with one attached hydrogen (secondary N) is 1. The van der Waals surface area contributed by atoms with Gasteiger partial charge in [0.15, 0.2) is 5.96 Å². The number of piperidine rings is 1. The van der Waals surface area contributed by atoms with Crippen molar-refractivity contribution in [3.63, 3.8) is 0 Å². The number of halogens is 1. The number of likely N-dealkylation sites (tertiary alicyclic amines) is 1. The zero-order valence-electron chi connectivity index (χ0n) is 17.6. The fourth-order valence-electron chi connectivity index (χ4n) is 3.22. The van der Waals surface area contributed by atoms with Crippen molar-refractivity contribution in [1.82, 2.24) is 15.1 Å². The molecule has 1 aliphatic heterocycles. The minimum atomic E-state index is 0. The van der Waals surface area contributed by atoms with E-state index in [2.05, 4.69) is 29.1 Å². The van der Waals surface area contributed by atoms with Gasteiger partial charge in [-0.15, -0.1) is 24.0 Å². The molecule has 2 rings (SSSR count). The lowest BCUT2D eigenvalue weighted by atomic mass is 9.97. The Hall–Kier alpha value is -1.06. The van der Waals surface area contributed by atoms with Gasteiger partial charge in [0.25, 0.3) is 0 Å². The fourth-order valence-corrected chi connectivity index (χ4v) is 3.22. The number of methoxy groups -OCH3 is 1. The average Bonchev–Trinajstić information content (AvgIpc) is 2.71. The third kappa shape index (κ3) is 9.43. The number of para-hydroxylation sites is 1. The van der Waals surface area contributed by atoms with Crippen LogP contribution in [0.25, 0.3) is 0 Å². The molecule has 0 saturated carbocycles. The first-order chi connectivity index (χ1) is 13.2. The minimum absolute atomic E-state index is 0. The zero-order chi connectivity index (χ0) is 19.3. The number of rotatable bonds is 10. The summed E-state index contributed by atoms with van der Waals surface area (Å²) in [5, 5.41) is 3.40. The number of aliphatic imine (C=N–C) groups is 1. The van der Waals surface area contributed by atoms with Crippen LogP contribution in [0.3, 0.4) is 0 Å². The highest BCUT2D eigenvalue weighted by molar-refractivity contribution is 14.0. The molecule has 1 aliphatic rings. The molecule has 0 bridgehead atoms. The summed E-state index contributed by atoms with van der Waals surface area (Å²) in [5.74, 6) is 2.55. The summed E-state index contributed by atoms with van der Waals surface area (Å²) in [6.45, 7) is 9.49. The molecule has 0 spiro atoms. The summed E-state index contributed by atoms with van der Waals surface area (Å²) >= 11 is 0. The number of likely N-dealkylation sites (N-methyl/N-ethyl adjacent to an activating group) is 1. The highest BCUT2D eigenvalue weighted by Crippen LogP contribution is 2.17. The normalized spacial score (nSPS) is 15.8. The SMILES string of the molecule is CCNC(=NCC1CCN(CCOC)CC1)N(C)CCOc1ccccc1.I. The van der Waals surface area contributed by atoms with Crippen LogP contribution >= 0.6 is 24.0 Å². The summed E-state index contributed by atoms with van der Waals surface area (Å²) in [6, 6.07) is 9.95. The van der Waals surface area contributed by atoms with Crippen LogP contribution in [0.1, 0.15) is 19.8 Å². The minimum Gasteiger partial charge on any atom is -0.492 e. The molecular weight excluding hydrogens is 467 g/mol. The van der Waals surface area contributed by atoms with Gasteiger partial charge in [-0.2, -0.15) is 0 Å². The Morgan fingerprint density at radius 2 is 1.93 bits per heavy atom. The topological polar surface area (TPSA) is 49.3 Å². The maximum Gasteiger partial charge on any atom is 0.193 e. The molecule has 6 nitrogen and oxygen atoms in total. The van der Waals surface area contributed by atoms with Gasteiger partial charge in [0.1, 0.15) is 12.4 Å². The first kappa shape index (κ1) is 25.0. The number of benzene rings is 1. The average molecular weight is 504 g/mol. The number of nitrogens with zero attached hydrogens (tertiary/aromatic N) is 3. The van der Waals surface area contributed by atoms with E-state index in [-0.39, 0.29) is 24.0 Å².